The number of nitrogens with zero attached hydrogens (tertiary/aromatic N) is 2. The fourth-order valence-corrected chi connectivity index (χ4v) is 5.13. The van der Waals surface area contributed by atoms with Crippen LogP contribution in [0.25, 0.3) is 0 Å². The van der Waals surface area contributed by atoms with Crippen molar-refractivity contribution in [3.05, 3.63) is 100 Å². The highest BCUT2D eigenvalue weighted by Crippen LogP contribution is 2.22. The molecule has 0 fully saturated rings. The molecule has 2 amide bonds. The van der Waals surface area contributed by atoms with Crippen molar-refractivity contribution < 1.29 is 22.4 Å². The number of rotatable bonds is 10. The number of benzene rings is 3. The van der Waals surface area contributed by atoms with Crippen LogP contribution in [0, 0.1) is 5.82 Å². The van der Waals surface area contributed by atoms with Crippen LogP contribution in [0.2, 0.25) is 0 Å². The Morgan fingerprint density at radius 3 is 2.05 bits per heavy atom. The highest BCUT2D eigenvalue weighted by atomic mass is 79.9. The molecule has 208 valence electrons. The Balaban J connectivity index is 2.06. The Morgan fingerprint density at radius 1 is 0.923 bits per heavy atom. The zero-order valence-corrected chi connectivity index (χ0v) is 24.8. The molecule has 0 aliphatic heterocycles. The van der Waals surface area contributed by atoms with Crippen LogP contribution in [0.4, 0.5) is 10.1 Å². The fourth-order valence-electron chi connectivity index (χ4n) is 4.01. The van der Waals surface area contributed by atoms with Gasteiger partial charge in [0.25, 0.3) is 0 Å². The van der Waals surface area contributed by atoms with Crippen LogP contribution in [0.1, 0.15) is 31.9 Å². The van der Waals surface area contributed by atoms with Gasteiger partial charge < -0.3 is 10.2 Å². The Hall–Kier alpha value is -3.24. The molecule has 0 bridgehead atoms. The van der Waals surface area contributed by atoms with Gasteiger partial charge >= 0.3 is 0 Å². The first-order valence-corrected chi connectivity index (χ1v) is 15.0. The zero-order valence-electron chi connectivity index (χ0n) is 22.4. The maximum Gasteiger partial charge on any atom is 0.244 e. The van der Waals surface area contributed by atoms with Crippen molar-refractivity contribution in [2.45, 2.75) is 45.3 Å². The zero-order chi connectivity index (χ0) is 28.8. The topological polar surface area (TPSA) is 86.8 Å². The Morgan fingerprint density at radius 2 is 1.51 bits per heavy atom. The van der Waals surface area contributed by atoms with Crippen molar-refractivity contribution >= 4 is 43.5 Å². The van der Waals surface area contributed by atoms with E-state index in [1.165, 1.54) is 17.0 Å². The minimum atomic E-state index is -3.91. The lowest BCUT2D eigenvalue weighted by atomic mass is 10.0. The third-order valence-corrected chi connectivity index (χ3v) is 7.50. The molecule has 0 aliphatic carbocycles. The molecule has 3 aromatic carbocycles. The van der Waals surface area contributed by atoms with Gasteiger partial charge in [0, 0.05) is 23.0 Å². The number of amides is 2. The number of sulfonamides is 1. The summed E-state index contributed by atoms with van der Waals surface area (Å²) < 4.78 is 40.8. The average Bonchev–Trinajstić information content (AvgIpc) is 2.85. The molecular weight excluding hydrogens is 585 g/mol. The Kier molecular flexibility index (Phi) is 9.90. The molecular formula is C29H33BrFN3O4S. The molecule has 39 heavy (non-hydrogen) atoms. The Labute approximate surface area is 238 Å². The summed E-state index contributed by atoms with van der Waals surface area (Å²) in [6.07, 6.45) is 1.21. The highest BCUT2D eigenvalue weighted by molar-refractivity contribution is 9.10. The van der Waals surface area contributed by atoms with Gasteiger partial charge in [0.2, 0.25) is 21.8 Å². The lowest BCUT2D eigenvalue weighted by Crippen LogP contribution is -2.56. The molecule has 3 rings (SSSR count). The molecule has 1 atom stereocenters. The molecule has 0 heterocycles. The Bertz CT molecular complexity index is 1380. The van der Waals surface area contributed by atoms with Gasteiger partial charge in [-0.2, -0.15) is 0 Å². The normalized spacial score (nSPS) is 12.5. The van der Waals surface area contributed by atoms with Crippen LogP contribution >= 0.6 is 15.9 Å². The van der Waals surface area contributed by atoms with Crippen molar-refractivity contribution in [3.63, 3.8) is 0 Å². The number of hydrogen-bond acceptors (Lipinski definition) is 4. The van der Waals surface area contributed by atoms with Gasteiger partial charge in [0.05, 0.1) is 11.9 Å². The minimum absolute atomic E-state index is 0.0716. The predicted molar refractivity (Wildman–Crippen MR) is 155 cm³/mol. The lowest BCUT2D eigenvalue weighted by molar-refractivity contribution is -0.140. The van der Waals surface area contributed by atoms with Crippen molar-refractivity contribution in [1.82, 2.24) is 10.2 Å². The molecule has 0 saturated carbocycles. The van der Waals surface area contributed by atoms with Gasteiger partial charge in [-0.15, -0.1) is 0 Å². The molecule has 0 aliphatic rings. The standard InChI is InChI=1S/C29H33BrFN3O4S/c1-29(2,3)32-28(36)26(18-21-8-6-5-7-9-21)33(19-22-10-12-23(30)13-11-22)27(35)20-34(39(4,37)38)25-16-14-24(31)15-17-25/h5-17,26H,18-20H2,1-4H3,(H,32,36)/t26-/m1/s1. The van der Waals surface area contributed by atoms with Crippen LogP contribution in [0.3, 0.4) is 0 Å². The smallest absolute Gasteiger partial charge is 0.244 e. The van der Waals surface area contributed by atoms with Crippen LogP contribution in [-0.4, -0.2) is 49.5 Å². The summed E-state index contributed by atoms with van der Waals surface area (Å²) >= 11 is 3.41. The van der Waals surface area contributed by atoms with Gasteiger partial charge in [0.15, 0.2) is 0 Å². The second kappa shape index (κ2) is 12.7. The van der Waals surface area contributed by atoms with Crippen LogP contribution < -0.4 is 9.62 Å². The number of halogens is 2. The van der Waals surface area contributed by atoms with Gasteiger partial charge in [-0.3, -0.25) is 13.9 Å². The van der Waals surface area contributed by atoms with E-state index in [9.17, 15) is 22.4 Å². The molecule has 0 spiro atoms. The van der Waals surface area contributed by atoms with Gasteiger partial charge in [-0.05, 0) is 68.3 Å². The number of carbonyl (C=O) groups excluding carboxylic acids is 2. The molecule has 0 saturated heterocycles. The number of hydrogen-bond donors (Lipinski definition) is 1. The van der Waals surface area contributed by atoms with Gasteiger partial charge in [-0.1, -0.05) is 58.4 Å². The fraction of sp³-hybridized carbons (Fsp3) is 0.310. The van der Waals surface area contributed by atoms with E-state index in [0.29, 0.717) is 0 Å². The third-order valence-electron chi connectivity index (χ3n) is 5.83. The van der Waals surface area contributed by atoms with E-state index in [0.717, 1.165) is 38.3 Å². The number of nitrogens with one attached hydrogen (secondary N) is 1. The van der Waals surface area contributed by atoms with Crippen LogP contribution in [0.5, 0.6) is 0 Å². The maximum atomic E-state index is 14.0. The second-order valence-corrected chi connectivity index (χ2v) is 13.2. The molecule has 10 heteroatoms. The van der Waals surface area contributed by atoms with E-state index in [1.807, 2.05) is 75.4 Å². The maximum absolute atomic E-state index is 14.0. The molecule has 1 N–H and O–H groups in total. The second-order valence-electron chi connectivity index (χ2n) is 10.3. The summed E-state index contributed by atoms with van der Waals surface area (Å²) in [7, 11) is -3.91. The van der Waals surface area contributed by atoms with Crippen LogP contribution in [0.15, 0.2) is 83.3 Å². The molecule has 7 nitrogen and oxygen atoms in total. The summed E-state index contributed by atoms with van der Waals surface area (Å²) in [4.78, 5) is 29.0. The first kappa shape index (κ1) is 30.3. The summed E-state index contributed by atoms with van der Waals surface area (Å²) in [5.74, 6) is -1.46. The predicted octanol–water partition coefficient (Wildman–Crippen LogP) is 4.91. The van der Waals surface area contributed by atoms with Crippen molar-refractivity contribution in [2.75, 3.05) is 17.1 Å². The number of carbonyl (C=O) groups is 2. The summed E-state index contributed by atoms with van der Waals surface area (Å²) in [6.45, 7) is 5.07. The quantitative estimate of drug-likeness (QED) is 0.350. The first-order valence-electron chi connectivity index (χ1n) is 12.4. The van der Waals surface area contributed by atoms with E-state index >= 15 is 0 Å². The summed E-state index contributed by atoms with van der Waals surface area (Å²) in [6, 6.07) is 20.6. The van der Waals surface area contributed by atoms with Gasteiger partial charge in [-0.25, -0.2) is 12.8 Å². The van der Waals surface area contributed by atoms with E-state index in [-0.39, 0.29) is 24.6 Å². The molecule has 3 aromatic rings. The first-order chi connectivity index (χ1) is 18.2. The lowest BCUT2D eigenvalue weighted by Gasteiger charge is -2.35. The van der Waals surface area contributed by atoms with E-state index < -0.39 is 39.9 Å². The third kappa shape index (κ3) is 9.18. The number of anilines is 1. The van der Waals surface area contributed by atoms with E-state index in [2.05, 4.69) is 21.2 Å². The summed E-state index contributed by atoms with van der Waals surface area (Å²) in [5.41, 5.74) is 1.19. The van der Waals surface area contributed by atoms with E-state index in [4.69, 9.17) is 0 Å². The monoisotopic (exact) mass is 617 g/mol. The van der Waals surface area contributed by atoms with Crippen molar-refractivity contribution in [3.8, 4) is 0 Å². The highest BCUT2D eigenvalue weighted by Gasteiger charge is 2.34. The molecule has 0 aromatic heterocycles. The van der Waals surface area contributed by atoms with E-state index in [1.54, 1.807) is 0 Å². The van der Waals surface area contributed by atoms with Crippen molar-refractivity contribution in [1.29, 1.82) is 0 Å². The SMILES string of the molecule is CC(C)(C)NC(=O)[C@@H](Cc1ccccc1)N(Cc1ccc(Br)cc1)C(=O)CN(c1ccc(F)cc1)S(C)(=O)=O. The average molecular weight is 619 g/mol. The van der Waals surface area contributed by atoms with Crippen molar-refractivity contribution in [2.24, 2.45) is 0 Å². The summed E-state index contributed by atoms with van der Waals surface area (Å²) in [5, 5.41) is 2.98. The molecule has 0 radical (unpaired) electrons. The minimum Gasteiger partial charge on any atom is -0.350 e. The molecule has 0 unspecified atom stereocenters. The van der Waals surface area contributed by atoms with Gasteiger partial charge in [0.1, 0.15) is 18.4 Å². The largest absolute Gasteiger partial charge is 0.350 e. The van der Waals surface area contributed by atoms with Crippen LogP contribution in [-0.2, 0) is 32.6 Å².